The van der Waals surface area contributed by atoms with Crippen LogP contribution in [0.25, 0.3) is 22.3 Å². The molecule has 1 N–H and O–H groups in total. The molecule has 0 fully saturated rings. The molecule has 0 saturated carbocycles. The Morgan fingerprint density at radius 1 is 1.08 bits per heavy atom. The predicted octanol–water partition coefficient (Wildman–Crippen LogP) is 4.10. The lowest BCUT2D eigenvalue weighted by Gasteiger charge is -2.12. The van der Waals surface area contributed by atoms with Crippen LogP contribution in [-0.4, -0.2) is 32.9 Å². The first-order valence-electron chi connectivity index (χ1n) is 8.11. The highest BCUT2D eigenvalue weighted by Gasteiger charge is 2.12. The Bertz CT molecular complexity index is 819. The van der Waals surface area contributed by atoms with Gasteiger partial charge in [-0.15, -0.1) is 0 Å². The van der Waals surface area contributed by atoms with E-state index in [4.69, 9.17) is 14.3 Å². The van der Waals surface area contributed by atoms with E-state index < -0.39 is 0 Å². The molecule has 24 heavy (non-hydrogen) atoms. The first kappa shape index (κ1) is 16.4. The van der Waals surface area contributed by atoms with Crippen LogP contribution in [0.5, 0.6) is 5.75 Å². The van der Waals surface area contributed by atoms with Crippen molar-refractivity contribution in [1.82, 2.24) is 0 Å². The monoisotopic (exact) mass is 325 g/mol. The van der Waals surface area contributed by atoms with Gasteiger partial charge in [-0.05, 0) is 60.9 Å². The van der Waals surface area contributed by atoms with Gasteiger partial charge in [-0.25, -0.2) is 0 Å². The molecular weight excluding hydrogens is 302 g/mol. The fourth-order valence-corrected chi connectivity index (χ4v) is 2.83. The molecule has 0 amide bonds. The van der Waals surface area contributed by atoms with Crippen LogP contribution in [-0.2, 0) is 6.42 Å². The van der Waals surface area contributed by atoms with Crippen molar-refractivity contribution in [3.05, 3.63) is 48.0 Å². The van der Waals surface area contributed by atoms with E-state index in [9.17, 15) is 0 Å². The highest BCUT2D eigenvalue weighted by molar-refractivity contribution is 5.88. The fraction of sp³-hybridized carbons (Fsp3) is 0.300. The molecule has 4 nitrogen and oxygen atoms in total. The summed E-state index contributed by atoms with van der Waals surface area (Å²) in [6, 6.07) is 14.4. The van der Waals surface area contributed by atoms with Gasteiger partial charge in [0.05, 0.1) is 7.11 Å². The van der Waals surface area contributed by atoms with Crippen LogP contribution in [0.15, 0.2) is 46.9 Å². The van der Waals surface area contributed by atoms with Gasteiger partial charge in [0.2, 0.25) is 0 Å². The first-order chi connectivity index (χ1) is 11.6. The van der Waals surface area contributed by atoms with E-state index in [-0.39, 0.29) is 6.61 Å². The molecule has 0 saturated heterocycles. The summed E-state index contributed by atoms with van der Waals surface area (Å²) < 4.78 is 11.5. The minimum absolute atomic E-state index is 0.190. The van der Waals surface area contributed by atoms with Crippen molar-refractivity contribution in [2.75, 3.05) is 32.7 Å². The Balaban J connectivity index is 2.00. The third-order valence-corrected chi connectivity index (χ3v) is 4.15. The second kappa shape index (κ2) is 6.97. The average molecular weight is 325 g/mol. The van der Waals surface area contributed by atoms with Gasteiger partial charge in [0.1, 0.15) is 5.76 Å². The molecule has 2 aromatic carbocycles. The predicted molar refractivity (Wildman–Crippen MR) is 97.9 cm³/mol. The Morgan fingerprint density at radius 2 is 1.83 bits per heavy atom. The van der Waals surface area contributed by atoms with Crippen LogP contribution >= 0.6 is 0 Å². The number of hydrogen-bond donors (Lipinski definition) is 1. The minimum Gasteiger partial charge on any atom is -0.493 e. The molecule has 0 radical (unpaired) electrons. The number of ether oxygens (including phenoxy) is 1. The molecule has 3 rings (SSSR count). The Kier molecular flexibility index (Phi) is 4.76. The lowest BCUT2D eigenvalue weighted by molar-refractivity contribution is 0.288. The van der Waals surface area contributed by atoms with Gasteiger partial charge in [-0.2, -0.15) is 0 Å². The first-order valence-corrected chi connectivity index (χ1v) is 8.11. The molecule has 1 heterocycles. The normalized spacial score (nSPS) is 11.0. The van der Waals surface area contributed by atoms with Gasteiger partial charge in [0, 0.05) is 37.3 Å². The van der Waals surface area contributed by atoms with Gasteiger partial charge in [0.15, 0.2) is 11.3 Å². The number of fused-ring (bicyclic) bond motifs is 1. The summed E-state index contributed by atoms with van der Waals surface area (Å²) in [5.74, 6) is 1.56. The number of aliphatic hydroxyl groups excluding tert-OH is 1. The molecule has 126 valence electrons. The summed E-state index contributed by atoms with van der Waals surface area (Å²) in [4.78, 5) is 2.07. The molecule has 1 aromatic heterocycles. The number of hydrogen-bond acceptors (Lipinski definition) is 4. The molecular formula is C20H23NO3. The number of furan rings is 1. The summed E-state index contributed by atoms with van der Waals surface area (Å²) in [5.41, 5.74) is 4.09. The molecule has 0 spiro atoms. The van der Waals surface area contributed by atoms with Crippen LogP contribution in [0.4, 0.5) is 5.69 Å². The Labute approximate surface area is 142 Å². The third kappa shape index (κ3) is 3.24. The molecule has 0 unspecified atom stereocenters. The number of methoxy groups -OCH3 is 1. The molecule has 0 aliphatic heterocycles. The van der Waals surface area contributed by atoms with Crippen molar-refractivity contribution < 1.29 is 14.3 Å². The summed E-state index contributed by atoms with van der Waals surface area (Å²) in [6.45, 7) is 0.190. The number of nitrogens with zero attached hydrogens (tertiary/aromatic N) is 1. The maximum absolute atomic E-state index is 9.03. The molecule has 0 atom stereocenters. The van der Waals surface area contributed by atoms with E-state index in [0.29, 0.717) is 0 Å². The van der Waals surface area contributed by atoms with Gasteiger partial charge in [0.25, 0.3) is 0 Å². The lowest BCUT2D eigenvalue weighted by atomic mass is 10.1. The lowest BCUT2D eigenvalue weighted by Crippen LogP contribution is -2.07. The van der Waals surface area contributed by atoms with Crippen molar-refractivity contribution in [3.8, 4) is 17.1 Å². The maximum Gasteiger partial charge on any atom is 0.176 e. The second-order valence-electron chi connectivity index (χ2n) is 6.10. The fourth-order valence-electron chi connectivity index (χ4n) is 2.83. The number of anilines is 1. The van der Waals surface area contributed by atoms with Gasteiger partial charge in [-0.1, -0.05) is 0 Å². The maximum atomic E-state index is 9.03. The summed E-state index contributed by atoms with van der Waals surface area (Å²) >= 11 is 0. The smallest absolute Gasteiger partial charge is 0.176 e. The van der Waals surface area contributed by atoms with E-state index in [0.717, 1.165) is 52.1 Å². The van der Waals surface area contributed by atoms with Crippen LogP contribution in [0.1, 0.15) is 12.0 Å². The van der Waals surface area contributed by atoms with E-state index in [1.165, 1.54) is 0 Å². The summed E-state index contributed by atoms with van der Waals surface area (Å²) in [6.07, 6.45) is 1.56. The largest absolute Gasteiger partial charge is 0.493 e. The SMILES string of the molecule is COc1cc(CCCO)cc2cc(-c3ccc(N(C)C)cc3)oc12. The van der Waals surface area contributed by atoms with Crippen LogP contribution in [0.2, 0.25) is 0 Å². The Hall–Kier alpha value is -2.46. The van der Waals surface area contributed by atoms with Gasteiger partial charge in [-0.3, -0.25) is 0 Å². The van der Waals surface area contributed by atoms with E-state index >= 15 is 0 Å². The number of benzene rings is 2. The van der Waals surface area contributed by atoms with Crippen LogP contribution in [0.3, 0.4) is 0 Å². The molecule has 4 heteroatoms. The standard InChI is InChI=1S/C20H23NO3/c1-21(2)17-8-6-15(7-9-17)18-13-16-11-14(5-4-10-22)12-19(23-3)20(16)24-18/h6-9,11-13,22H,4-5,10H2,1-3H3. The van der Waals surface area contributed by atoms with E-state index in [2.05, 4.69) is 35.2 Å². The number of aliphatic hydroxyl groups is 1. The summed E-state index contributed by atoms with van der Waals surface area (Å²) in [5, 5.41) is 10.1. The quantitative estimate of drug-likeness (QED) is 0.741. The third-order valence-electron chi connectivity index (χ3n) is 4.15. The van der Waals surface area contributed by atoms with Crippen molar-refractivity contribution >= 4 is 16.7 Å². The molecule has 0 bridgehead atoms. The number of rotatable bonds is 6. The van der Waals surface area contributed by atoms with Gasteiger partial charge >= 0.3 is 0 Å². The highest BCUT2D eigenvalue weighted by Crippen LogP contribution is 2.35. The van der Waals surface area contributed by atoms with Crippen molar-refractivity contribution in [3.63, 3.8) is 0 Å². The minimum atomic E-state index is 0.190. The van der Waals surface area contributed by atoms with Crippen molar-refractivity contribution in [2.45, 2.75) is 12.8 Å². The van der Waals surface area contributed by atoms with Gasteiger partial charge < -0.3 is 19.2 Å². The zero-order chi connectivity index (χ0) is 17.1. The second-order valence-corrected chi connectivity index (χ2v) is 6.10. The highest BCUT2D eigenvalue weighted by atomic mass is 16.5. The average Bonchev–Trinajstić information content (AvgIpc) is 3.03. The zero-order valence-electron chi connectivity index (χ0n) is 14.4. The summed E-state index contributed by atoms with van der Waals surface area (Å²) in [7, 11) is 5.70. The molecule has 0 aliphatic carbocycles. The molecule has 3 aromatic rings. The van der Waals surface area contributed by atoms with Crippen molar-refractivity contribution in [1.29, 1.82) is 0 Å². The Morgan fingerprint density at radius 3 is 2.46 bits per heavy atom. The van der Waals surface area contributed by atoms with Crippen LogP contribution in [0, 0.1) is 0 Å². The molecule has 0 aliphatic rings. The van der Waals surface area contributed by atoms with Crippen LogP contribution < -0.4 is 9.64 Å². The topological polar surface area (TPSA) is 45.8 Å². The van der Waals surface area contributed by atoms with E-state index in [1.54, 1.807) is 7.11 Å². The van der Waals surface area contributed by atoms with E-state index in [1.807, 2.05) is 26.2 Å². The zero-order valence-corrected chi connectivity index (χ0v) is 14.4. The van der Waals surface area contributed by atoms with Crippen molar-refractivity contribution in [2.24, 2.45) is 0 Å². The number of aryl methyl sites for hydroxylation is 1.